The number of aryl methyl sites for hydroxylation is 1. The van der Waals surface area contributed by atoms with E-state index in [1.165, 1.54) is 17.9 Å². The molecule has 1 aromatic heterocycles. The summed E-state index contributed by atoms with van der Waals surface area (Å²) in [7, 11) is 1.25. The van der Waals surface area contributed by atoms with E-state index < -0.39 is 18.0 Å². The highest BCUT2D eigenvalue weighted by Crippen LogP contribution is 2.41. The number of nitrogens with one attached hydrogen (secondary N) is 1. The van der Waals surface area contributed by atoms with Crippen molar-refractivity contribution in [1.82, 2.24) is 9.55 Å². The molecule has 0 aromatic carbocycles. The fourth-order valence-corrected chi connectivity index (χ4v) is 1.78. The lowest BCUT2D eigenvalue weighted by molar-refractivity contribution is 0.0469. The second-order valence-electron chi connectivity index (χ2n) is 3.56. The van der Waals surface area contributed by atoms with Crippen LogP contribution in [0.5, 0.6) is 0 Å². The van der Waals surface area contributed by atoms with Crippen molar-refractivity contribution < 1.29 is 18.7 Å². The second kappa shape index (κ2) is 7.09. The van der Waals surface area contributed by atoms with Gasteiger partial charge in [0, 0.05) is 18.9 Å². The summed E-state index contributed by atoms with van der Waals surface area (Å²) in [6.45, 7) is -1.47. The highest BCUT2D eigenvalue weighted by atomic mass is 32.5. The fraction of sp³-hybridized carbons (Fsp3) is 0.556. The molecule has 0 aliphatic heterocycles. The zero-order valence-corrected chi connectivity index (χ0v) is 12.2. The molecule has 0 spiro atoms. The van der Waals surface area contributed by atoms with Gasteiger partial charge in [-0.05, 0) is 18.7 Å². The van der Waals surface area contributed by atoms with Crippen LogP contribution in [0, 0.1) is 6.92 Å². The molecule has 1 rings (SSSR count). The molecule has 108 valence electrons. The minimum absolute atomic E-state index is 0.0404. The van der Waals surface area contributed by atoms with Crippen LogP contribution in [0.25, 0.3) is 0 Å². The number of hydrogen-bond donors (Lipinski definition) is 2. The Morgan fingerprint density at radius 3 is 2.79 bits per heavy atom. The summed E-state index contributed by atoms with van der Waals surface area (Å²) in [4.78, 5) is 34.0. The minimum Gasteiger partial charge on any atom is -0.358 e. The van der Waals surface area contributed by atoms with Crippen LogP contribution < -0.4 is 11.2 Å². The SMILES string of the molecule is COP(O)(=S)OCCOCn1cc(C)c(=O)[nH]c1=O. The Balaban J connectivity index is 2.43. The lowest BCUT2D eigenvalue weighted by Gasteiger charge is -2.13. The molecule has 2 N–H and O–H groups in total. The lowest BCUT2D eigenvalue weighted by Crippen LogP contribution is -2.31. The van der Waals surface area contributed by atoms with E-state index >= 15 is 0 Å². The number of H-pyrrole nitrogens is 1. The van der Waals surface area contributed by atoms with Crippen LogP contribution in [0.15, 0.2) is 15.8 Å². The van der Waals surface area contributed by atoms with Crippen molar-refractivity contribution in [3.05, 3.63) is 32.6 Å². The van der Waals surface area contributed by atoms with Crippen LogP contribution >= 0.6 is 6.72 Å². The van der Waals surface area contributed by atoms with Gasteiger partial charge in [-0.3, -0.25) is 14.3 Å². The fourth-order valence-electron chi connectivity index (χ4n) is 1.14. The van der Waals surface area contributed by atoms with E-state index in [2.05, 4.69) is 21.3 Å². The molecule has 0 aliphatic carbocycles. The third-order valence-electron chi connectivity index (χ3n) is 2.13. The third-order valence-corrected chi connectivity index (χ3v) is 3.87. The van der Waals surface area contributed by atoms with Gasteiger partial charge >= 0.3 is 12.4 Å². The number of aromatic nitrogens is 2. The van der Waals surface area contributed by atoms with Crippen molar-refractivity contribution in [2.24, 2.45) is 0 Å². The molecule has 8 nitrogen and oxygen atoms in total. The standard InChI is InChI=1S/C9H15N2O6PS/c1-7-5-11(9(13)10-8(7)12)6-16-3-4-17-18(14,19)15-2/h5H,3-4,6H2,1-2H3,(H,14,19)(H,10,12,13). The summed E-state index contributed by atoms with van der Waals surface area (Å²) in [5, 5.41) is 0. The molecule has 0 aliphatic rings. The first kappa shape index (κ1) is 16.2. The van der Waals surface area contributed by atoms with Gasteiger partial charge in [-0.2, -0.15) is 0 Å². The zero-order chi connectivity index (χ0) is 14.5. The van der Waals surface area contributed by atoms with Crippen molar-refractivity contribution in [1.29, 1.82) is 0 Å². The number of nitrogens with zero attached hydrogens (tertiary/aromatic N) is 1. The van der Waals surface area contributed by atoms with E-state index in [4.69, 9.17) is 9.26 Å². The van der Waals surface area contributed by atoms with Gasteiger partial charge in [0.25, 0.3) is 5.56 Å². The topological polar surface area (TPSA) is 103 Å². The molecule has 1 aromatic rings. The van der Waals surface area contributed by atoms with Crippen molar-refractivity contribution in [2.75, 3.05) is 20.3 Å². The third kappa shape index (κ3) is 5.35. The zero-order valence-electron chi connectivity index (χ0n) is 10.5. The molecular weight excluding hydrogens is 295 g/mol. The predicted octanol–water partition coefficient (Wildman–Crippen LogP) is -0.301. The monoisotopic (exact) mass is 310 g/mol. The molecule has 0 bridgehead atoms. The summed E-state index contributed by atoms with van der Waals surface area (Å²) in [5.41, 5.74) is -0.573. The molecule has 1 heterocycles. The molecule has 0 saturated carbocycles. The van der Waals surface area contributed by atoms with Crippen LogP contribution in [0.1, 0.15) is 5.56 Å². The Morgan fingerprint density at radius 1 is 1.47 bits per heavy atom. The van der Waals surface area contributed by atoms with E-state index in [9.17, 15) is 14.5 Å². The van der Waals surface area contributed by atoms with E-state index in [1.54, 1.807) is 6.92 Å². The van der Waals surface area contributed by atoms with E-state index in [0.717, 1.165) is 0 Å². The quantitative estimate of drug-likeness (QED) is 0.526. The van der Waals surface area contributed by atoms with Crippen molar-refractivity contribution in [3.8, 4) is 0 Å². The Hall–Kier alpha value is -0.830. The molecule has 0 amide bonds. The normalized spacial score (nSPS) is 14.3. The van der Waals surface area contributed by atoms with Gasteiger partial charge in [-0.25, -0.2) is 4.79 Å². The molecule has 19 heavy (non-hydrogen) atoms. The largest absolute Gasteiger partial charge is 0.358 e. The summed E-state index contributed by atoms with van der Waals surface area (Å²) in [6.07, 6.45) is 1.40. The van der Waals surface area contributed by atoms with Gasteiger partial charge in [-0.15, -0.1) is 0 Å². The maximum atomic E-state index is 11.4. The van der Waals surface area contributed by atoms with Gasteiger partial charge in [0.05, 0.1) is 13.2 Å². The molecular formula is C9H15N2O6PS. The van der Waals surface area contributed by atoms with Crippen LogP contribution in [-0.4, -0.2) is 34.8 Å². The van der Waals surface area contributed by atoms with Crippen LogP contribution in [0.2, 0.25) is 0 Å². The highest BCUT2D eigenvalue weighted by molar-refractivity contribution is 8.07. The smallest absolute Gasteiger partial charge is 0.330 e. The number of aromatic amines is 1. The lowest BCUT2D eigenvalue weighted by atomic mass is 10.4. The number of rotatable bonds is 7. The molecule has 1 atom stereocenters. The second-order valence-corrected chi connectivity index (χ2v) is 6.51. The van der Waals surface area contributed by atoms with E-state index in [1.807, 2.05) is 0 Å². The Kier molecular flexibility index (Phi) is 6.05. The molecule has 0 saturated heterocycles. The first-order valence-electron chi connectivity index (χ1n) is 5.27. The minimum atomic E-state index is -3.17. The average molecular weight is 310 g/mol. The van der Waals surface area contributed by atoms with Gasteiger partial charge in [0.2, 0.25) is 0 Å². The Labute approximate surface area is 114 Å². The van der Waals surface area contributed by atoms with Crippen LogP contribution in [-0.2, 0) is 32.3 Å². The average Bonchev–Trinajstić information content (AvgIpc) is 2.35. The molecule has 10 heteroatoms. The van der Waals surface area contributed by atoms with Crippen LogP contribution in [0.3, 0.4) is 0 Å². The molecule has 1 unspecified atom stereocenters. The molecule has 0 radical (unpaired) electrons. The van der Waals surface area contributed by atoms with Crippen LogP contribution in [0.4, 0.5) is 0 Å². The first-order valence-corrected chi connectivity index (χ1v) is 7.86. The van der Waals surface area contributed by atoms with E-state index in [0.29, 0.717) is 5.56 Å². The first-order chi connectivity index (χ1) is 8.85. The van der Waals surface area contributed by atoms with Gasteiger partial charge in [0.15, 0.2) is 0 Å². The summed E-state index contributed by atoms with van der Waals surface area (Å²) < 4.78 is 15.8. The molecule has 0 fully saturated rings. The highest BCUT2D eigenvalue weighted by Gasteiger charge is 2.11. The van der Waals surface area contributed by atoms with Crippen molar-refractivity contribution >= 4 is 18.5 Å². The maximum Gasteiger partial charge on any atom is 0.330 e. The Morgan fingerprint density at radius 2 is 2.16 bits per heavy atom. The predicted molar refractivity (Wildman–Crippen MR) is 71.5 cm³/mol. The van der Waals surface area contributed by atoms with E-state index in [-0.39, 0.29) is 19.9 Å². The van der Waals surface area contributed by atoms with Gasteiger partial charge in [0.1, 0.15) is 6.73 Å². The Bertz CT molecular complexity index is 583. The van der Waals surface area contributed by atoms with Crippen molar-refractivity contribution in [3.63, 3.8) is 0 Å². The number of hydrogen-bond acceptors (Lipinski definition) is 6. The van der Waals surface area contributed by atoms with Gasteiger partial charge in [-0.1, -0.05) is 0 Å². The summed E-state index contributed by atoms with van der Waals surface area (Å²) >= 11 is 4.61. The summed E-state index contributed by atoms with van der Waals surface area (Å²) in [6, 6.07) is 0. The maximum absolute atomic E-state index is 11.4. The number of ether oxygens (including phenoxy) is 1. The summed E-state index contributed by atoms with van der Waals surface area (Å²) in [5.74, 6) is 0. The van der Waals surface area contributed by atoms with Crippen molar-refractivity contribution in [2.45, 2.75) is 13.7 Å². The van der Waals surface area contributed by atoms with Gasteiger partial charge < -0.3 is 18.7 Å².